The van der Waals surface area contributed by atoms with Gasteiger partial charge in [-0.1, -0.05) is 186 Å². The highest BCUT2D eigenvalue weighted by molar-refractivity contribution is 7.45. The van der Waals surface area contributed by atoms with Crippen LogP contribution in [-0.2, 0) is 32.7 Å². The zero-order valence-electron chi connectivity index (χ0n) is 38.5. The van der Waals surface area contributed by atoms with Crippen LogP contribution in [0.5, 0.6) is 0 Å². The lowest BCUT2D eigenvalue weighted by Crippen LogP contribution is -2.37. The molecule has 0 fully saturated rings. The Labute approximate surface area is 358 Å². The van der Waals surface area contributed by atoms with Gasteiger partial charge >= 0.3 is 11.9 Å². The summed E-state index contributed by atoms with van der Waals surface area (Å²) < 4.78 is 33.9. The lowest BCUT2D eigenvalue weighted by Gasteiger charge is -2.28. The van der Waals surface area contributed by atoms with Crippen LogP contribution in [0.4, 0.5) is 0 Å². The summed E-state index contributed by atoms with van der Waals surface area (Å²) in [5, 5.41) is 0. The average Bonchev–Trinajstić information content (AvgIpc) is 3.17. The fourth-order valence-electron chi connectivity index (χ4n) is 6.69. The van der Waals surface area contributed by atoms with Crippen molar-refractivity contribution in [2.24, 2.45) is 0 Å². The zero-order valence-corrected chi connectivity index (χ0v) is 39.4. The molecule has 0 aromatic carbocycles. The molecule has 10 heteroatoms. The molecule has 0 saturated carbocycles. The third-order valence-corrected chi connectivity index (χ3v) is 11.4. The van der Waals surface area contributed by atoms with Crippen molar-refractivity contribution in [1.82, 2.24) is 0 Å². The molecule has 0 aliphatic carbocycles. The predicted molar refractivity (Wildman–Crippen MR) is 241 cm³/mol. The summed E-state index contributed by atoms with van der Waals surface area (Å²) in [6.45, 7) is 4.21. The van der Waals surface area contributed by atoms with Gasteiger partial charge in [-0.25, -0.2) is 0 Å². The van der Waals surface area contributed by atoms with Gasteiger partial charge in [0.05, 0.1) is 27.7 Å². The van der Waals surface area contributed by atoms with E-state index in [4.69, 9.17) is 18.5 Å². The SMILES string of the molecule is CCCCCCCC/C=C/C/C=C/CCCCC(=O)OC[C@H](COP(=O)([O-])OCC[N+](C)(C)C)OC(=O)CCCCCCCCCCCCCCCCCCCCC. The largest absolute Gasteiger partial charge is 0.756 e. The minimum Gasteiger partial charge on any atom is -0.756 e. The summed E-state index contributed by atoms with van der Waals surface area (Å²) in [4.78, 5) is 37.6. The summed E-state index contributed by atoms with van der Waals surface area (Å²) in [6, 6.07) is 0. The van der Waals surface area contributed by atoms with Crippen LogP contribution in [-0.4, -0.2) is 70.0 Å². The first kappa shape index (κ1) is 56.5. The van der Waals surface area contributed by atoms with E-state index in [9.17, 15) is 19.0 Å². The van der Waals surface area contributed by atoms with Gasteiger partial charge in [0.25, 0.3) is 7.82 Å². The highest BCUT2D eigenvalue weighted by atomic mass is 31.2. The lowest BCUT2D eigenvalue weighted by atomic mass is 10.0. The minimum absolute atomic E-state index is 0.0335. The fourth-order valence-corrected chi connectivity index (χ4v) is 7.41. The van der Waals surface area contributed by atoms with Crippen LogP contribution in [0.25, 0.3) is 0 Å². The first-order valence-electron chi connectivity index (χ1n) is 24.0. The number of ether oxygens (including phenoxy) is 2. The van der Waals surface area contributed by atoms with Gasteiger partial charge in [-0.05, 0) is 44.9 Å². The molecule has 0 aliphatic heterocycles. The van der Waals surface area contributed by atoms with Gasteiger partial charge in [0.15, 0.2) is 6.10 Å². The maximum atomic E-state index is 12.7. The van der Waals surface area contributed by atoms with E-state index < -0.39 is 32.5 Å². The number of quaternary nitrogens is 1. The van der Waals surface area contributed by atoms with Gasteiger partial charge in [-0.15, -0.1) is 0 Å². The van der Waals surface area contributed by atoms with Crippen molar-refractivity contribution in [1.29, 1.82) is 0 Å². The number of hydrogen-bond acceptors (Lipinski definition) is 8. The second kappa shape index (κ2) is 40.9. The van der Waals surface area contributed by atoms with Crippen molar-refractivity contribution in [2.75, 3.05) is 47.5 Å². The monoisotopic (exact) mass is 842 g/mol. The van der Waals surface area contributed by atoms with Crippen molar-refractivity contribution in [3.8, 4) is 0 Å². The maximum Gasteiger partial charge on any atom is 0.306 e. The summed E-state index contributed by atoms with van der Waals surface area (Å²) in [5.74, 6) is -0.863. The first-order chi connectivity index (χ1) is 28.0. The third-order valence-electron chi connectivity index (χ3n) is 10.5. The predicted octanol–water partition coefficient (Wildman–Crippen LogP) is 13.3. The van der Waals surface area contributed by atoms with E-state index in [1.54, 1.807) is 0 Å². The lowest BCUT2D eigenvalue weighted by molar-refractivity contribution is -0.870. The van der Waals surface area contributed by atoms with E-state index in [0.717, 1.165) is 38.5 Å². The van der Waals surface area contributed by atoms with E-state index in [0.29, 0.717) is 23.9 Å². The number of carbonyl (C=O) groups excluding carboxylic acids is 2. The van der Waals surface area contributed by atoms with Gasteiger partial charge in [-0.2, -0.15) is 0 Å². The second-order valence-corrected chi connectivity index (χ2v) is 18.9. The third kappa shape index (κ3) is 44.1. The molecule has 0 aromatic rings. The highest BCUT2D eigenvalue weighted by Gasteiger charge is 2.21. The first-order valence-corrected chi connectivity index (χ1v) is 25.5. The Morgan fingerprint density at radius 1 is 0.534 bits per heavy atom. The number of phosphoric acid groups is 1. The summed E-state index contributed by atoms with van der Waals surface area (Å²) in [7, 11) is 1.16. The van der Waals surface area contributed by atoms with Gasteiger partial charge in [0, 0.05) is 12.8 Å². The number of allylic oxidation sites excluding steroid dienone is 4. The Morgan fingerprint density at radius 2 is 0.931 bits per heavy atom. The zero-order chi connectivity index (χ0) is 42.8. The molecule has 0 bridgehead atoms. The Bertz CT molecular complexity index is 1040. The number of likely N-dealkylation sites (N-methyl/N-ethyl adjacent to an activating group) is 1. The van der Waals surface area contributed by atoms with E-state index >= 15 is 0 Å². The van der Waals surface area contributed by atoms with Gasteiger partial charge in [-0.3, -0.25) is 14.2 Å². The van der Waals surface area contributed by atoms with Gasteiger partial charge < -0.3 is 27.9 Å². The van der Waals surface area contributed by atoms with Crippen LogP contribution >= 0.6 is 7.82 Å². The molecule has 0 heterocycles. The molecule has 0 rings (SSSR count). The number of esters is 2. The average molecular weight is 842 g/mol. The van der Waals surface area contributed by atoms with Crippen LogP contribution in [0.2, 0.25) is 0 Å². The number of rotatable bonds is 44. The maximum absolute atomic E-state index is 12.7. The molecule has 0 amide bonds. The smallest absolute Gasteiger partial charge is 0.306 e. The number of nitrogens with zero attached hydrogens (tertiary/aromatic N) is 1. The molecular weight excluding hydrogens is 750 g/mol. The van der Waals surface area contributed by atoms with Crippen LogP contribution in [0, 0.1) is 0 Å². The Kier molecular flexibility index (Phi) is 39.8. The molecule has 0 radical (unpaired) electrons. The Balaban J connectivity index is 4.31. The van der Waals surface area contributed by atoms with Crippen molar-refractivity contribution >= 4 is 19.8 Å². The molecule has 58 heavy (non-hydrogen) atoms. The van der Waals surface area contributed by atoms with Crippen LogP contribution < -0.4 is 4.89 Å². The molecule has 9 nitrogen and oxygen atoms in total. The van der Waals surface area contributed by atoms with Crippen LogP contribution in [0.1, 0.15) is 219 Å². The molecule has 342 valence electrons. The topological polar surface area (TPSA) is 111 Å². The van der Waals surface area contributed by atoms with Crippen molar-refractivity contribution in [3.05, 3.63) is 24.3 Å². The van der Waals surface area contributed by atoms with E-state index in [-0.39, 0.29) is 26.1 Å². The van der Waals surface area contributed by atoms with Crippen molar-refractivity contribution in [3.63, 3.8) is 0 Å². The molecule has 2 atom stereocenters. The Morgan fingerprint density at radius 3 is 1.40 bits per heavy atom. The molecule has 1 unspecified atom stereocenters. The van der Waals surface area contributed by atoms with Crippen molar-refractivity contribution < 1.29 is 42.1 Å². The molecule has 0 aromatic heterocycles. The number of unbranched alkanes of at least 4 members (excludes halogenated alkanes) is 26. The summed E-state index contributed by atoms with van der Waals surface area (Å²) in [6.07, 6.45) is 44.9. The molecule has 0 spiro atoms. The standard InChI is InChI=1S/C48H92NO8P/c1-6-8-10-12-14-16-18-20-22-23-24-25-27-29-31-33-35-37-39-41-48(51)57-46(45-56-58(52,53)55-43-42-49(3,4)5)44-54-47(50)40-38-36-34-32-30-28-26-21-19-17-15-13-11-9-7-2/h21,26,30,32,46H,6-20,22-25,27-29,31,33-45H2,1-5H3/b26-21+,32-30+/t46-/m1/s1. The number of hydrogen-bond donors (Lipinski definition) is 0. The quantitative estimate of drug-likeness (QED) is 0.0196. The van der Waals surface area contributed by atoms with E-state index in [2.05, 4.69) is 38.2 Å². The highest BCUT2D eigenvalue weighted by Crippen LogP contribution is 2.38. The fraction of sp³-hybridized carbons (Fsp3) is 0.875. The molecule has 0 saturated heterocycles. The van der Waals surface area contributed by atoms with E-state index in [1.807, 2.05) is 21.1 Å². The minimum atomic E-state index is -4.63. The molecular formula is C48H92NO8P. The molecule has 0 aliphatic rings. The second-order valence-electron chi connectivity index (χ2n) is 17.5. The van der Waals surface area contributed by atoms with E-state index in [1.165, 1.54) is 141 Å². The molecule has 0 N–H and O–H groups in total. The number of carbonyl (C=O) groups is 2. The normalized spacial score (nSPS) is 13.7. The number of phosphoric ester groups is 1. The summed E-state index contributed by atoms with van der Waals surface area (Å²) >= 11 is 0. The van der Waals surface area contributed by atoms with Gasteiger partial charge in [0.2, 0.25) is 0 Å². The van der Waals surface area contributed by atoms with Crippen LogP contribution in [0.15, 0.2) is 24.3 Å². The van der Waals surface area contributed by atoms with Gasteiger partial charge in [0.1, 0.15) is 19.8 Å². The summed E-state index contributed by atoms with van der Waals surface area (Å²) in [5.41, 5.74) is 0. The van der Waals surface area contributed by atoms with Crippen molar-refractivity contribution in [2.45, 2.75) is 225 Å². The van der Waals surface area contributed by atoms with Crippen LogP contribution in [0.3, 0.4) is 0 Å². The Hall–Kier alpha value is -1.51.